The molecule has 0 bridgehead atoms. The van der Waals surface area contributed by atoms with E-state index in [-0.39, 0.29) is 0 Å². The van der Waals surface area contributed by atoms with Gasteiger partial charge in [-0.25, -0.2) is 0 Å². The molecule has 0 radical (unpaired) electrons. The Kier molecular flexibility index (Phi) is 9.44. The molecule has 0 aromatic heterocycles. The molecule has 0 amide bonds. The van der Waals surface area contributed by atoms with Crippen LogP contribution in [0.4, 0.5) is 4.39 Å². The van der Waals surface area contributed by atoms with Gasteiger partial charge in [-0.1, -0.05) is 0 Å². The number of terminal acetylenes is 1. The quantitative estimate of drug-likeness (QED) is 0.365. The molecule has 0 rings (SSSR count). The maximum Gasteiger partial charge on any atom is 0.124 e. The second-order valence-corrected chi connectivity index (χ2v) is 0. The molecule has 0 nitrogen and oxygen atoms in total. The van der Waals surface area contributed by atoms with E-state index in [1.807, 2.05) is 0 Å². The van der Waals surface area contributed by atoms with Gasteiger partial charge < -0.3 is 0 Å². The molecule has 0 N–H and O–H groups in total. The minimum atomic E-state index is -1.00. The Morgan fingerprint density at radius 1 is 2.50 bits per heavy atom. The SMILES string of the molecule is [2H]C#C.[2H]CF. The molecule has 0 aliphatic carbocycles. The minimum absolute atomic E-state index is 1.00. The standard InChI is InChI=1S/C2H2.CH3F/c2*1-2/h1-2H;1H3/i2*1D. The van der Waals surface area contributed by atoms with Crippen molar-refractivity contribution in [2.45, 2.75) is 0 Å². The van der Waals surface area contributed by atoms with Crippen molar-refractivity contribution in [3.05, 3.63) is 0 Å². The molecular weight excluding hydrogens is 55.0 g/mol. The first-order chi connectivity index (χ1) is 2.83. The van der Waals surface area contributed by atoms with Gasteiger partial charge in [0.15, 0.2) is 0 Å². The summed E-state index contributed by atoms with van der Waals surface area (Å²) in [6.07, 6.45) is 5.76. The number of hydrogen-bond acceptors (Lipinski definition) is 0. The zero-order chi connectivity index (χ0) is 5.41. The summed E-state index contributed by atoms with van der Waals surface area (Å²) in [5, 5.41) is 0. The van der Waals surface area contributed by atoms with Gasteiger partial charge in [-0.05, 0) is 0 Å². The summed E-state index contributed by atoms with van der Waals surface area (Å²) in [6.45, 7) is 0. The molecule has 0 unspecified atom stereocenters. The fourth-order valence-electron chi connectivity index (χ4n) is 0. The van der Waals surface area contributed by atoms with Gasteiger partial charge in [0.25, 0.3) is 0 Å². The molecule has 24 valence electrons. The highest BCUT2D eigenvalue weighted by Gasteiger charge is 0.926. The highest BCUT2D eigenvalue weighted by atomic mass is 19.1. The Balaban J connectivity index is 0. The summed E-state index contributed by atoms with van der Waals surface area (Å²) in [7, 11) is -1.00. The fraction of sp³-hybridized carbons (Fsp3) is 0.333. The average molecular weight is 62.1 g/mol. The molecule has 0 saturated heterocycles. The van der Waals surface area contributed by atoms with Gasteiger partial charge in [0, 0.05) is 0 Å². The van der Waals surface area contributed by atoms with Crippen LogP contribution in [0.3, 0.4) is 0 Å². The largest absolute Gasteiger partial charge is 0.255 e. The van der Waals surface area contributed by atoms with Crippen LogP contribution in [-0.4, -0.2) is 7.15 Å². The first-order valence-electron chi connectivity index (χ1n) is 1.76. The van der Waals surface area contributed by atoms with E-state index in [0.717, 1.165) is 0 Å². The number of hydrogen-bond donors (Lipinski definition) is 0. The van der Waals surface area contributed by atoms with Crippen molar-refractivity contribution in [3.63, 3.8) is 0 Å². The van der Waals surface area contributed by atoms with E-state index in [2.05, 4.69) is 6.42 Å². The van der Waals surface area contributed by atoms with E-state index >= 15 is 0 Å². The first kappa shape index (κ1) is 1.78. The van der Waals surface area contributed by atoms with E-state index in [9.17, 15) is 4.39 Å². The highest BCUT2D eigenvalue weighted by Crippen LogP contribution is 1.16. The summed E-state index contributed by atoms with van der Waals surface area (Å²) in [6, 6.07) is 0. The van der Waals surface area contributed by atoms with Crippen LogP contribution in [0.15, 0.2) is 0 Å². The van der Waals surface area contributed by atoms with Gasteiger partial charge in [-0.3, -0.25) is 4.39 Å². The molecule has 0 aromatic rings. The van der Waals surface area contributed by atoms with Gasteiger partial charge in [0.2, 0.25) is 0 Å². The van der Waals surface area contributed by atoms with Crippen LogP contribution in [-0.2, 0) is 0 Å². The van der Waals surface area contributed by atoms with Crippen molar-refractivity contribution < 1.29 is 7.13 Å². The molecule has 0 atom stereocenters. The van der Waals surface area contributed by atoms with E-state index in [1.54, 1.807) is 0 Å². The third kappa shape index (κ3) is 1.38. The molecule has 0 aromatic carbocycles. The van der Waals surface area contributed by atoms with Gasteiger partial charge in [0.05, 0.1) is 8.52 Å². The smallest absolute Gasteiger partial charge is 0.124 e. The predicted octanol–water partition coefficient (Wildman–Crippen LogP) is 0.835. The molecule has 0 saturated carbocycles. The molecular formula is C3H5F. The Bertz CT molecular complexity index is 38.5. The topological polar surface area (TPSA) is 0 Å². The van der Waals surface area contributed by atoms with Crippen LogP contribution >= 0.6 is 0 Å². The van der Waals surface area contributed by atoms with Crippen molar-refractivity contribution in [1.82, 2.24) is 0 Å². The highest BCUT2D eigenvalue weighted by molar-refractivity contribution is 4.47. The van der Waals surface area contributed by atoms with Crippen molar-refractivity contribution >= 4 is 0 Å². The number of halogens is 1. The summed E-state index contributed by atoms with van der Waals surface area (Å²) < 4.78 is 21.2. The van der Waals surface area contributed by atoms with Crippen molar-refractivity contribution in [1.29, 1.82) is 0 Å². The van der Waals surface area contributed by atoms with Gasteiger partial charge in [-0.15, -0.1) is 12.8 Å². The number of rotatable bonds is 0. The van der Waals surface area contributed by atoms with Crippen molar-refractivity contribution in [3.8, 4) is 12.8 Å². The van der Waals surface area contributed by atoms with Crippen molar-refractivity contribution in [2.24, 2.45) is 0 Å². The molecule has 0 aliphatic rings. The molecule has 0 fully saturated rings. The van der Waals surface area contributed by atoms with Crippen LogP contribution in [0.1, 0.15) is 2.74 Å². The normalized spacial score (nSPS) is 7.00. The molecule has 4 heavy (non-hydrogen) atoms. The molecule has 0 heterocycles. The van der Waals surface area contributed by atoms with Gasteiger partial charge >= 0.3 is 0 Å². The van der Waals surface area contributed by atoms with Crippen LogP contribution in [0.2, 0.25) is 0 Å². The third-order valence-corrected chi connectivity index (χ3v) is 0. The lowest BCUT2D eigenvalue weighted by atomic mass is 11.4. The molecule has 0 spiro atoms. The monoisotopic (exact) mass is 62.1 g/mol. The summed E-state index contributed by atoms with van der Waals surface area (Å²) >= 11 is 0. The van der Waals surface area contributed by atoms with Crippen LogP contribution < -0.4 is 0 Å². The maximum atomic E-state index is 9.96. The van der Waals surface area contributed by atoms with Gasteiger partial charge in [-0.2, -0.15) is 0 Å². The Morgan fingerprint density at radius 2 is 2.50 bits per heavy atom. The molecule has 0 aliphatic heterocycles. The fourth-order valence-corrected chi connectivity index (χ4v) is 0. The zero-order valence-corrected chi connectivity index (χ0v) is 2.16. The van der Waals surface area contributed by atoms with Crippen LogP contribution in [0.25, 0.3) is 0 Å². The molecule has 1 heteroatoms. The first-order valence-corrected chi connectivity index (χ1v) is 0.556. The lowest BCUT2D eigenvalue weighted by Crippen LogP contribution is -0.939. The lowest BCUT2D eigenvalue weighted by Gasteiger charge is -1.10. The van der Waals surface area contributed by atoms with Gasteiger partial charge in [0.1, 0.15) is 1.37 Å². The second kappa shape index (κ2) is 21.3. The summed E-state index contributed by atoms with van der Waals surface area (Å²) in [5.74, 6) is 0. The van der Waals surface area contributed by atoms with Crippen LogP contribution in [0, 0.1) is 12.8 Å². The van der Waals surface area contributed by atoms with E-state index in [1.165, 1.54) is 6.40 Å². The van der Waals surface area contributed by atoms with E-state index in [0.29, 0.717) is 0 Å². The van der Waals surface area contributed by atoms with Crippen LogP contribution in [0.5, 0.6) is 0 Å². The van der Waals surface area contributed by atoms with Crippen molar-refractivity contribution in [2.75, 3.05) is 7.15 Å². The van der Waals surface area contributed by atoms with E-state index < -0.39 is 7.15 Å². The second-order valence-electron chi connectivity index (χ2n) is 0. The zero-order valence-electron chi connectivity index (χ0n) is 4.16. The minimum Gasteiger partial charge on any atom is -0.255 e. The van der Waals surface area contributed by atoms with E-state index in [4.69, 9.17) is 2.74 Å². The maximum absolute atomic E-state index is 9.96. The Morgan fingerprint density at radius 3 is 2.50 bits per heavy atom. The Labute approximate surface area is 28.4 Å². The summed E-state index contributed by atoms with van der Waals surface area (Å²) in [4.78, 5) is 0. The average Bonchev–Trinajstić information content (AvgIpc) is 1.39. The predicted molar refractivity (Wildman–Crippen MR) is 16.9 cm³/mol. The number of alkyl halides is 1. The summed E-state index contributed by atoms with van der Waals surface area (Å²) in [5.41, 5.74) is 0. The third-order valence-electron chi connectivity index (χ3n) is 0. The lowest BCUT2D eigenvalue weighted by molar-refractivity contribution is 0.636. The Hall–Kier alpha value is -0.510.